The number of aromatic nitrogens is 3. The van der Waals surface area contributed by atoms with Crippen molar-refractivity contribution in [2.75, 3.05) is 0 Å². The van der Waals surface area contributed by atoms with Gasteiger partial charge in [0.15, 0.2) is 5.82 Å². The Labute approximate surface area is 119 Å². The number of aromatic carboxylic acids is 1. The molecule has 6 heteroatoms. The quantitative estimate of drug-likeness (QED) is 0.786. The Hall–Kier alpha value is -2.21. The lowest BCUT2D eigenvalue weighted by Gasteiger charge is -2.00. The van der Waals surface area contributed by atoms with Crippen molar-refractivity contribution in [2.24, 2.45) is 7.05 Å². The molecule has 2 aromatic heterocycles. The van der Waals surface area contributed by atoms with Gasteiger partial charge in [-0.3, -0.25) is 0 Å². The van der Waals surface area contributed by atoms with Crippen LogP contribution in [0.4, 0.5) is 0 Å². The van der Waals surface area contributed by atoms with Gasteiger partial charge in [0, 0.05) is 7.05 Å². The first kappa shape index (κ1) is 12.8. The van der Waals surface area contributed by atoms with E-state index in [9.17, 15) is 4.79 Å². The Bertz CT molecular complexity index is 832. The topological polar surface area (TPSA) is 68.0 Å². The van der Waals surface area contributed by atoms with Crippen LogP contribution in [0.3, 0.4) is 0 Å². The van der Waals surface area contributed by atoms with Crippen molar-refractivity contribution in [3.8, 4) is 10.7 Å². The first-order valence-corrected chi connectivity index (χ1v) is 6.93. The molecular weight excluding hydrogens is 274 g/mol. The molecule has 3 aromatic rings. The number of hydrogen-bond donors (Lipinski definition) is 1. The molecule has 0 saturated heterocycles. The number of rotatable bonds is 2. The molecule has 1 N–H and O–H groups in total. The van der Waals surface area contributed by atoms with Crippen LogP contribution in [0.15, 0.2) is 18.2 Å². The number of carbonyl (C=O) groups is 1. The molecule has 102 valence electrons. The molecule has 0 fully saturated rings. The van der Waals surface area contributed by atoms with E-state index in [-0.39, 0.29) is 5.56 Å². The minimum Gasteiger partial charge on any atom is -0.478 e. The van der Waals surface area contributed by atoms with E-state index in [2.05, 4.69) is 9.97 Å². The molecule has 0 radical (unpaired) electrons. The second kappa shape index (κ2) is 4.42. The van der Waals surface area contributed by atoms with E-state index in [4.69, 9.17) is 5.11 Å². The van der Waals surface area contributed by atoms with Crippen LogP contribution < -0.4 is 0 Å². The second-order valence-electron chi connectivity index (χ2n) is 4.65. The molecule has 0 aliphatic carbocycles. The molecule has 0 unspecified atom stereocenters. The first-order chi connectivity index (χ1) is 9.47. The summed E-state index contributed by atoms with van der Waals surface area (Å²) in [5.74, 6) is -0.116. The Morgan fingerprint density at radius 2 is 2.05 bits per heavy atom. The van der Waals surface area contributed by atoms with E-state index in [1.807, 2.05) is 25.5 Å². The highest BCUT2D eigenvalue weighted by Gasteiger charge is 2.16. The minimum atomic E-state index is -0.941. The zero-order valence-electron chi connectivity index (χ0n) is 11.3. The van der Waals surface area contributed by atoms with Crippen LogP contribution in [0.1, 0.15) is 21.1 Å². The van der Waals surface area contributed by atoms with E-state index in [1.165, 1.54) is 0 Å². The third-order valence-electron chi connectivity index (χ3n) is 3.23. The van der Waals surface area contributed by atoms with Crippen LogP contribution in [0.25, 0.3) is 21.7 Å². The van der Waals surface area contributed by atoms with Gasteiger partial charge in [-0.05, 0) is 32.0 Å². The maximum absolute atomic E-state index is 11.0. The predicted octanol–water partition coefficient (Wildman–Crippen LogP) is 3.01. The fraction of sp³-hybridized carbons (Fsp3) is 0.214. The van der Waals surface area contributed by atoms with Crippen LogP contribution >= 0.6 is 11.3 Å². The van der Waals surface area contributed by atoms with Crippen molar-refractivity contribution in [2.45, 2.75) is 13.8 Å². The molecule has 1 aromatic carbocycles. The van der Waals surface area contributed by atoms with Crippen LogP contribution in [0.5, 0.6) is 0 Å². The van der Waals surface area contributed by atoms with Gasteiger partial charge in [-0.25, -0.2) is 14.8 Å². The SMILES string of the molecule is Cc1nc(C)c(-c2nc3cc(C(=O)O)ccc3n2C)s1. The summed E-state index contributed by atoms with van der Waals surface area (Å²) in [4.78, 5) is 21.0. The number of thiazole rings is 1. The molecule has 2 heterocycles. The van der Waals surface area contributed by atoms with Gasteiger partial charge in [-0.1, -0.05) is 0 Å². The van der Waals surface area contributed by atoms with Crippen LogP contribution in [0.2, 0.25) is 0 Å². The lowest BCUT2D eigenvalue weighted by Crippen LogP contribution is -1.95. The molecule has 0 saturated carbocycles. The summed E-state index contributed by atoms with van der Waals surface area (Å²) in [6, 6.07) is 4.99. The number of nitrogens with zero attached hydrogens (tertiary/aromatic N) is 3. The molecule has 20 heavy (non-hydrogen) atoms. The van der Waals surface area contributed by atoms with Gasteiger partial charge in [0.25, 0.3) is 0 Å². The highest BCUT2D eigenvalue weighted by Crippen LogP contribution is 2.31. The van der Waals surface area contributed by atoms with Gasteiger partial charge >= 0.3 is 5.97 Å². The van der Waals surface area contributed by atoms with Crippen LogP contribution in [-0.4, -0.2) is 25.6 Å². The minimum absolute atomic E-state index is 0.249. The van der Waals surface area contributed by atoms with Gasteiger partial charge < -0.3 is 9.67 Å². The third kappa shape index (κ3) is 1.89. The van der Waals surface area contributed by atoms with Gasteiger partial charge in [0.1, 0.15) is 0 Å². The number of carboxylic acids is 1. The Balaban J connectivity index is 2.25. The zero-order chi connectivity index (χ0) is 14.4. The summed E-state index contributed by atoms with van der Waals surface area (Å²) in [6.45, 7) is 3.92. The third-order valence-corrected chi connectivity index (χ3v) is 4.30. The summed E-state index contributed by atoms with van der Waals surface area (Å²) in [7, 11) is 1.93. The Morgan fingerprint density at radius 1 is 1.30 bits per heavy atom. The highest BCUT2D eigenvalue weighted by atomic mass is 32.1. The summed E-state index contributed by atoms with van der Waals surface area (Å²) in [5, 5.41) is 10.0. The molecular formula is C14H13N3O2S. The number of imidazole rings is 1. The predicted molar refractivity (Wildman–Crippen MR) is 78.3 cm³/mol. The number of carboxylic acid groups (broad SMARTS) is 1. The maximum Gasteiger partial charge on any atom is 0.335 e. The van der Waals surface area contributed by atoms with Gasteiger partial charge in [-0.15, -0.1) is 11.3 Å². The van der Waals surface area contributed by atoms with Gasteiger partial charge in [-0.2, -0.15) is 0 Å². The van der Waals surface area contributed by atoms with E-state index < -0.39 is 5.97 Å². The van der Waals surface area contributed by atoms with Crippen molar-refractivity contribution in [3.63, 3.8) is 0 Å². The Morgan fingerprint density at radius 3 is 2.65 bits per heavy atom. The zero-order valence-corrected chi connectivity index (χ0v) is 12.2. The number of aryl methyl sites for hydroxylation is 3. The molecule has 0 bridgehead atoms. The van der Waals surface area contributed by atoms with Crippen molar-refractivity contribution in [3.05, 3.63) is 34.5 Å². The van der Waals surface area contributed by atoms with E-state index in [1.54, 1.807) is 29.5 Å². The van der Waals surface area contributed by atoms with Gasteiger partial charge in [0.2, 0.25) is 0 Å². The molecule has 0 aliphatic heterocycles. The highest BCUT2D eigenvalue weighted by molar-refractivity contribution is 7.15. The fourth-order valence-corrected chi connectivity index (χ4v) is 3.22. The summed E-state index contributed by atoms with van der Waals surface area (Å²) in [6.07, 6.45) is 0. The average molecular weight is 287 g/mol. The van der Waals surface area contributed by atoms with E-state index >= 15 is 0 Å². The summed E-state index contributed by atoms with van der Waals surface area (Å²) >= 11 is 1.60. The smallest absolute Gasteiger partial charge is 0.335 e. The average Bonchev–Trinajstić information content (AvgIpc) is 2.89. The van der Waals surface area contributed by atoms with Crippen molar-refractivity contribution >= 4 is 28.3 Å². The van der Waals surface area contributed by atoms with Crippen LogP contribution in [0, 0.1) is 13.8 Å². The molecule has 3 rings (SSSR count). The summed E-state index contributed by atoms with van der Waals surface area (Å²) < 4.78 is 1.97. The largest absolute Gasteiger partial charge is 0.478 e. The van der Waals surface area contributed by atoms with Crippen molar-refractivity contribution < 1.29 is 9.90 Å². The fourth-order valence-electron chi connectivity index (χ4n) is 2.27. The number of benzene rings is 1. The second-order valence-corrected chi connectivity index (χ2v) is 5.85. The number of hydrogen-bond acceptors (Lipinski definition) is 4. The maximum atomic E-state index is 11.0. The molecule has 0 spiro atoms. The summed E-state index contributed by atoms with van der Waals surface area (Å²) in [5.41, 5.74) is 2.80. The number of fused-ring (bicyclic) bond motifs is 1. The normalized spacial score (nSPS) is 11.2. The van der Waals surface area contributed by atoms with Crippen LogP contribution in [-0.2, 0) is 7.05 Å². The lowest BCUT2D eigenvalue weighted by atomic mass is 10.2. The van der Waals surface area contributed by atoms with Gasteiger partial charge in [0.05, 0.1) is 32.2 Å². The van der Waals surface area contributed by atoms with Crippen molar-refractivity contribution in [1.29, 1.82) is 0 Å². The molecule has 0 amide bonds. The molecule has 0 atom stereocenters. The molecule has 0 aliphatic rings. The van der Waals surface area contributed by atoms with E-state index in [0.717, 1.165) is 26.9 Å². The van der Waals surface area contributed by atoms with E-state index in [0.29, 0.717) is 5.52 Å². The first-order valence-electron chi connectivity index (χ1n) is 6.11. The molecule has 5 nitrogen and oxygen atoms in total. The van der Waals surface area contributed by atoms with Crippen molar-refractivity contribution in [1.82, 2.24) is 14.5 Å². The standard InChI is InChI=1S/C14H13N3O2S/c1-7-12(20-8(2)15-7)13-16-10-6-9(14(18)19)4-5-11(10)17(13)3/h4-6H,1-3H3,(H,18,19). The Kier molecular flexibility index (Phi) is 2.83. The lowest BCUT2D eigenvalue weighted by molar-refractivity contribution is 0.0697. The monoisotopic (exact) mass is 287 g/mol.